The summed E-state index contributed by atoms with van der Waals surface area (Å²) in [5.74, 6) is 1.14. The average Bonchev–Trinajstić information content (AvgIpc) is 3.09. The summed E-state index contributed by atoms with van der Waals surface area (Å²) in [5.41, 5.74) is 2.64. The van der Waals surface area contributed by atoms with Gasteiger partial charge in [0, 0.05) is 24.8 Å². The van der Waals surface area contributed by atoms with Gasteiger partial charge in [-0.05, 0) is 70.3 Å². The second-order valence-corrected chi connectivity index (χ2v) is 6.78. The van der Waals surface area contributed by atoms with Gasteiger partial charge in [0.2, 0.25) is 0 Å². The molecule has 1 aromatic rings. The molecule has 2 aliphatic heterocycles. The number of anilines is 1. The fraction of sp³-hybridized carbons (Fsp3) is 0.722. The van der Waals surface area contributed by atoms with E-state index >= 15 is 0 Å². The first-order valence-electron chi connectivity index (χ1n) is 8.96. The summed E-state index contributed by atoms with van der Waals surface area (Å²) in [6, 6.07) is 5.25. The van der Waals surface area contributed by atoms with Crippen LogP contribution in [0.15, 0.2) is 12.1 Å². The summed E-state index contributed by atoms with van der Waals surface area (Å²) >= 11 is 0. The largest absolute Gasteiger partial charge is 0.370 e. The van der Waals surface area contributed by atoms with E-state index in [4.69, 9.17) is 4.98 Å². The number of pyridine rings is 1. The van der Waals surface area contributed by atoms with Crippen molar-refractivity contribution in [3.05, 3.63) is 23.4 Å². The van der Waals surface area contributed by atoms with Gasteiger partial charge < -0.3 is 15.5 Å². The van der Waals surface area contributed by atoms with Crippen molar-refractivity contribution in [3.63, 3.8) is 0 Å². The van der Waals surface area contributed by atoms with Gasteiger partial charge in [-0.15, -0.1) is 0 Å². The van der Waals surface area contributed by atoms with Crippen LogP contribution in [0.3, 0.4) is 0 Å². The molecule has 0 radical (unpaired) electrons. The summed E-state index contributed by atoms with van der Waals surface area (Å²) in [6.07, 6.45) is 8.69. The van der Waals surface area contributed by atoms with Crippen LogP contribution < -0.4 is 10.6 Å². The van der Waals surface area contributed by atoms with Crippen LogP contribution in [-0.4, -0.2) is 49.2 Å². The van der Waals surface area contributed by atoms with Crippen LogP contribution in [0, 0.1) is 0 Å². The van der Waals surface area contributed by atoms with Crippen LogP contribution in [0.1, 0.15) is 43.4 Å². The zero-order chi connectivity index (χ0) is 15.2. The number of aryl methyl sites for hydroxylation is 2. The Kier molecular flexibility index (Phi) is 5.68. The number of rotatable bonds is 7. The lowest BCUT2D eigenvalue weighted by atomic mass is 10.1. The Morgan fingerprint density at radius 3 is 3.05 bits per heavy atom. The highest BCUT2D eigenvalue weighted by atomic mass is 15.2. The minimum Gasteiger partial charge on any atom is -0.370 e. The van der Waals surface area contributed by atoms with Crippen molar-refractivity contribution in [1.82, 2.24) is 15.2 Å². The van der Waals surface area contributed by atoms with Gasteiger partial charge in [0.25, 0.3) is 0 Å². The molecule has 4 heteroatoms. The van der Waals surface area contributed by atoms with Crippen molar-refractivity contribution < 1.29 is 0 Å². The SMILES string of the molecule is CN(CCCCCc1ccc2c(n1)NCCC2)[C@@H]1CCNC1. The molecular formula is C18H30N4. The molecule has 2 aliphatic rings. The first-order valence-corrected chi connectivity index (χ1v) is 8.96. The molecule has 1 atom stereocenters. The Labute approximate surface area is 134 Å². The maximum absolute atomic E-state index is 4.78. The van der Waals surface area contributed by atoms with Crippen molar-refractivity contribution in [1.29, 1.82) is 0 Å². The first kappa shape index (κ1) is 15.8. The summed E-state index contributed by atoms with van der Waals surface area (Å²) in [7, 11) is 2.27. The second kappa shape index (κ2) is 7.93. The van der Waals surface area contributed by atoms with Crippen LogP contribution in [0.4, 0.5) is 5.82 Å². The fourth-order valence-corrected chi connectivity index (χ4v) is 3.55. The number of nitrogens with zero attached hydrogens (tertiary/aromatic N) is 2. The number of likely N-dealkylation sites (N-methyl/N-ethyl adjacent to an activating group) is 1. The van der Waals surface area contributed by atoms with Crippen molar-refractivity contribution in [3.8, 4) is 0 Å². The third-order valence-corrected chi connectivity index (χ3v) is 5.05. The molecule has 0 bridgehead atoms. The lowest BCUT2D eigenvalue weighted by molar-refractivity contribution is 0.251. The quantitative estimate of drug-likeness (QED) is 0.759. The minimum atomic E-state index is 0.758. The van der Waals surface area contributed by atoms with Gasteiger partial charge in [0.15, 0.2) is 0 Å². The topological polar surface area (TPSA) is 40.2 Å². The van der Waals surface area contributed by atoms with E-state index in [0.717, 1.165) is 24.8 Å². The van der Waals surface area contributed by atoms with Gasteiger partial charge in [-0.25, -0.2) is 4.98 Å². The molecule has 2 N–H and O–H groups in total. The van der Waals surface area contributed by atoms with Gasteiger partial charge in [0.1, 0.15) is 5.82 Å². The molecule has 1 saturated heterocycles. The maximum Gasteiger partial charge on any atom is 0.129 e. The van der Waals surface area contributed by atoms with Gasteiger partial charge >= 0.3 is 0 Å². The van der Waals surface area contributed by atoms with E-state index in [0.29, 0.717) is 0 Å². The molecule has 3 rings (SSSR count). The van der Waals surface area contributed by atoms with Gasteiger partial charge in [-0.1, -0.05) is 12.5 Å². The summed E-state index contributed by atoms with van der Waals surface area (Å²) < 4.78 is 0. The molecule has 0 saturated carbocycles. The molecule has 0 spiro atoms. The number of aromatic nitrogens is 1. The summed E-state index contributed by atoms with van der Waals surface area (Å²) in [6.45, 7) is 4.66. The van der Waals surface area contributed by atoms with Crippen molar-refractivity contribution in [2.45, 2.75) is 51.0 Å². The Morgan fingerprint density at radius 2 is 2.18 bits per heavy atom. The number of unbranched alkanes of at least 4 members (excludes halogenated alkanes) is 2. The van der Waals surface area contributed by atoms with Crippen LogP contribution in [0.2, 0.25) is 0 Å². The molecule has 0 aromatic carbocycles. The molecule has 0 amide bonds. The lowest BCUT2D eigenvalue weighted by Crippen LogP contribution is -2.34. The van der Waals surface area contributed by atoms with E-state index < -0.39 is 0 Å². The van der Waals surface area contributed by atoms with Crippen molar-refractivity contribution in [2.24, 2.45) is 0 Å². The molecule has 22 heavy (non-hydrogen) atoms. The molecule has 0 unspecified atom stereocenters. The third-order valence-electron chi connectivity index (χ3n) is 5.05. The average molecular weight is 302 g/mol. The molecule has 4 nitrogen and oxygen atoms in total. The predicted molar refractivity (Wildman–Crippen MR) is 92.5 cm³/mol. The zero-order valence-corrected chi connectivity index (χ0v) is 13.9. The van der Waals surface area contributed by atoms with Gasteiger partial charge in [-0.3, -0.25) is 0 Å². The number of fused-ring (bicyclic) bond motifs is 1. The van der Waals surface area contributed by atoms with Crippen LogP contribution in [-0.2, 0) is 12.8 Å². The molecular weight excluding hydrogens is 272 g/mol. The number of nitrogens with one attached hydrogen (secondary N) is 2. The van der Waals surface area contributed by atoms with Crippen LogP contribution >= 0.6 is 0 Å². The number of hydrogen-bond acceptors (Lipinski definition) is 4. The lowest BCUT2D eigenvalue weighted by Gasteiger charge is -2.23. The van der Waals surface area contributed by atoms with E-state index in [-0.39, 0.29) is 0 Å². The van der Waals surface area contributed by atoms with E-state index in [1.165, 1.54) is 69.4 Å². The van der Waals surface area contributed by atoms with Crippen LogP contribution in [0.25, 0.3) is 0 Å². The number of hydrogen-bond donors (Lipinski definition) is 2. The Hall–Kier alpha value is -1.13. The van der Waals surface area contributed by atoms with Gasteiger partial charge in [0.05, 0.1) is 0 Å². The highest BCUT2D eigenvalue weighted by Gasteiger charge is 2.18. The summed E-state index contributed by atoms with van der Waals surface area (Å²) in [4.78, 5) is 7.31. The van der Waals surface area contributed by atoms with E-state index in [9.17, 15) is 0 Å². The van der Waals surface area contributed by atoms with Crippen LogP contribution in [0.5, 0.6) is 0 Å². The maximum atomic E-state index is 4.78. The molecule has 0 aliphatic carbocycles. The fourth-order valence-electron chi connectivity index (χ4n) is 3.55. The highest BCUT2D eigenvalue weighted by molar-refractivity contribution is 5.46. The smallest absolute Gasteiger partial charge is 0.129 e. The molecule has 1 aromatic heterocycles. The zero-order valence-electron chi connectivity index (χ0n) is 13.9. The molecule has 1 fully saturated rings. The second-order valence-electron chi connectivity index (χ2n) is 6.78. The van der Waals surface area contributed by atoms with E-state index in [1.54, 1.807) is 0 Å². The minimum absolute atomic E-state index is 0.758. The van der Waals surface area contributed by atoms with E-state index in [1.807, 2.05) is 0 Å². The van der Waals surface area contributed by atoms with Crippen molar-refractivity contribution in [2.75, 3.05) is 38.5 Å². The monoisotopic (exact) mass is 302 g/mol. The Balaban J connectivity index is 1.34. The molecule has 3 heterocycles. The Bertz CT molecular complexity index is 468. The van der Waals surface area contributed by atoms with Gasteiger partial charge in [-0.2, -0.15) is 0 Å². The standard InChI is InChI=1S/C18H30N4/c1-22(17-10-12-19-14-17)13-4-2-3-7-16-9-8-15-6-5-11-20-18(15)21-16/h8-9,17,19H,2-7,10-14H2,1H3,(H,20,21)/t17-/m1/s1. The Morgan fingerprint density at radius 1 is 1.23 bits per heavy atom. The normalized spacial score (nSPS) is 20.9. The first-order chi connectivity index (χ1) is 10.8. The summed E-state index contributed by atoms with van der Waals surface area (Å²) in [5, 5.41) is 6.87. The van der Waals surface area contributed by atoms with Crippen molar-refractivity contribution >= 4 is 5.82 Å². The third kappa shape index (κ3) is 4.20. The predicted octanol–water partition coefficient (Wildman–Crippen LogP) is 2.45. The molecule has 122 valence electrons. The highest BCUT2D eigenvalue weighted by Crippen LogP contribution is 2.20. The van der Waals surface area contributed by atoms with E-state index in [2.05, 4.69) is 34.7 Å².